The van der Waals surface area contributed by atoms with Crippen LogP contribution in [0.25, 0.3) is 5.82 Å². The summed E-state index contributed by atoms with van der Waals surface area (Å²) in [6.07, 6.45) is -7.33. The predicted molar refractivity (Wildman–Crippen MR) is 108 cm³/mol. The first kappa shape index (κ1) is 25.1. The first-order chi connectivity index (χ1) is 15.9. The van der Waals surface area contributed by atoms with Crippen LogP contribution in [0.15, 0.2) is 10.9 Å². The Morgan fingerprint density at radius 2 is 2.06 bits per heavy atom. The van der Waals surface area contributed by atoms with Crippen LogP contribution in [0.4, 0.5) is 27.6 Å². The molecule has 1 amide bonds. The molecule has 3 aromatic heterocycles. The molecule has 10 nitrogen and oxygen atoms in total. The van der Waals surface area contributed by atoms with Crippen molar-refractivity contribution in [2.45, 2.75) is 46.3 Å². The molecule has 1 atom stereocenters. The molecule has 0 saturated carbocycles. The van der Waals surface area contributed by atoms with E-state index in [1.807, 2.05) is 0 Å². The zero-order chi connectivity index (χ0) is 25.4. The number of amides is 1. The second-order valence-corrected chi connectivity index (χ2v) is 7.27. The highest BCUT2D eigenvalue weighted by Gasteiger charge is 2.39. The summed E-state index contributed by atoms with van der Waals surface area (Å²) in [7, 11) is 0. The van der Waals surface area contributed by atoms with Crippen molar-refractivity contribution in [3.05, 3.63) is 44.6 Å². The van der Waals surface area contributed by atoms with Crippen molar-refractivity contribution in [1.82, 2.24) is 29.5 Å². The maximum Gasteiger partial charge on any atom is 0.425 e. The number of pyridine rings is 1. The number of carbonyl (C=O) groups is 1. The second kappa shape index (κ2) is 9.40. The van der Waals surface area contributed by atoms with Crippen LogP contribution in [0.2, 0.25) is 5.15 Å². The number of nitrogens with zero attached hydrogens (tertiary/aromatic N) is 5. The molecule has 34 heavy (non-hydrogen) atoms. The number of aromatic amines is 1. The number of alkyl halides is 4. The van der Waals surface area contributed by atoms with E-state index >= 15 is 0 Å². The molecule has 0 aliphatic carbocycles. The number of nitrogens with one attached hydrogen (secondary N) is 2. The third kappa shape index (κ3) is 4.73. The Kier molecular flexibility index (Phi) is 6.95. The quantitative estimate of drug-likeness (QED) is 0.472. The molecule has 3 heterocycles. The minimum Gasteiger partial charge on any atom is -0.464 e. The van der Waals surface area contributed by atoms with E-state index in [4.69, 9.17) is 16.3 Å². The fraction of sp³-hybridized carbons (Fsp3) is 0.389. The lowest BCUT2D eigenvalue weighted by Gasteiger charge is -2.19. The van der Waals surface area contributed by atoms with Gasteiger partial charge in [0.15, 0.2) is 23.6 Å². The Morgan fingerprint density at radius 1 is 1.38 bits per heavy atom. The third-order valence-electron chi connectivity index (χ3n) is 4.63. The summed E-state index contributed by atoms with van der Waals surface area (Å²) in [4.78, 5) is 28.9. The molecule has 16 heteroatoms. The summed E-state index contributed by atoms with van der Waals surface area (Å²) in [5.41, 5.74) is -1.49. The highest BCUT2D eigenvalue weighted by atomic mass is 35.5. The van der Waals surface area contributed by atoms with E-state index in [2.05, 4.69) is 25.6 Å². The molecular weight excluding hydrogens is 493 g/mol. The Bertz CT molecular complexity index is 1260. The standard InChI is InChI=1S/C18H17ClF5N7O3/c1-4-30-11(6-20)29-31(17(30)33)14-10(21)5-9(16(26-14)34-8(3)18(22,23)24)15(32)25-12-7(2)27-28-13(12)19/h5,8H,4,6H2,1-3H3,(H,25,32)(H,27,28)/t8-/m0/s1. The highest BCUT2D eigenvalue weighted by molar-refractivity contribution is 6.33. The lowest BCUT2D eigenvalue weighted by molar-refractivity contribution is -0.190. The van der Waals surface area contributed by atoms with Gasteiger partial charge in [-0.1, -0.05) is 11.6 Å². The zero-order valence-electron chi connectivity index (χ0n) is 17.8. The van der Waals surface area contributed by atoms with Crippen molar-refractivity contribution < 1.29 is 31.5 Å². The molecular formula is C18H17ClF5N7O3. The average molecular weight is 510 g/mol. The summed E-state index contributed by atoms with van der Waals surface area (Å²) in [6.45, 7) is 2.44. The van der Waals surface area contributed by atoms with Crippen LogP contribution >= 0.6 is 11.6 Å². The molecule has 0 spiro atoms. The van der Waals surface area contributed by atoms with Gasteiger partial charge in [-0.3, -0.25) is 14.5 Å². The van der Waals surface area contributed by atoms with E-state index in [0.717, 1.165) is 4.57 Å². The van der Waals surface area contributed by atoms with E-state index in [9.17, 15) is 31.5 Å². The number of carbonyl (C=O) groups excluding carboxylic acids is 1. The lowest BCUT2D eigenvalue weighted by Crippen LogP contribution is -2.33. The molecule has 3 aromatic rings. The van der Waals surface area contributed by atoms with Gasteiger partial charge in [-0.2, -0.15) is 27.9 Å². The largest absolute Gasteiger partial charge is 0.464 e. The number of rotatable bonds is 7. The molecule has 0 bridgehead atoms. The summed E-state index contributed by atoms with van der Waals surface area (Å²) in [5.74, 6) is -4.61. The van der Waals surface area contributed by atoms with Gasteiger partial charge in [0.1, 0.15) is 23.1 Å². The molecule has 0 aromatic carbocycles. The van der Waals surface area contributed by atoms with Crippen LogP contribution in [0.1, 0.15) is 35.7 Å². The Morgan fingerprint density at radius 3 is 2.56 bits per heavy atom. The van der Waals surface area contributed by atoms with Crippen molar-refractivity contribution in [3.8, 4) is 11.7 Å². The predicted octanol–water partition coefficient (Wildman–Crippen LogP) is 3.32. The number of hydrogen-bond acceptors (Lipinski definition) is 6. The van der Waals surface area contributed by atoms with E-state index in [1.165, 1.54) is 13.8 Å². The Balaban J connectivity index is 2.15. The lowest BCUT2D eigenvalue weighted by atomic mass is 10.2. The first-order valence-electron chi connectivity index (χ1n) is 9.59. The van der Waals surface area contributed by atoms with Crippen LogP contribution in [-0.2, 0) is 13.2 Å². The minimum absolute atomic E-state index is 0.00327. The normalized spacial score (nSPS) is 12.6. The molecule has 0 saturated heterocycles. The van der Waals surface area contributed by atoms with Crippen molar-refractivity contribution in [2.75, 3.05) is 5.32 Å². The first-order valence-corrected chi connectivity index (χ1v) is 9.97. The van der Waals surface area contributed by atoms with Crippen LogP contribution < -0.4 is 15.7 Å². The summed E-state index contributed by atoms with van der Waals surface area (Å²) < 4.78 is 73.6. The Hall–Kier alpha value is -3.49. The number of hydrogen-bond donors (Lipinski definition) is 2. The van der Waals surface area contributed by atoms with Gasteiger partial charge in [0.2, 0.25) is 5.88 Å². The third-order valence-corrected chi connectivity index (χ3v) is 4.91. The number of H-pyrrole nitrogens is 1. The van der Waals surface area contributed by atoms with Gasteiger partial charge in [-0.15, -0.1) is 5.10 Å². The maximum absolute atomic E-state index is 14.9. The SMILES string of the molecule is CCn1c(CF)nn(-c2nc(O[C@@H](C)C(F)(F)F)c(C(=O)Nc3c(C)n[nH]c3Cl)cc2F)c1=O. The number of ether oxygens (including phenoxy) is 1. The van der Waals surface area contributed by atoms with Gasteiger partial charge < -0.3 is 10.1 Å². The van der Waals surface area contributed by atoms with Crippen molar-refractivity contribution >= 4 is 23.2 Å². The average Bonchev–Trinajstić information content (AvgIpc) is 3.26. The Labute approximate surface area is 192 Å². The van der Waals surface area contributed by atoms with Gasteiger partial charge in [0.05, 0.1) is 5.69 Å². The van der Waals surface area contributed by atoms with Crippen LogP contribution in [-0.4, -0.2) is 47.7 Å². The van der Waals surface area contributed by atoms with Gasteiger partial charge >= 0.3 is 11.9 Å². The maximum atomic E-state index is 14.9. The number of aryl methyl sites for hydroxylation is 1. The molecule has 0 radical (unpaired) electrons. The molecule has 0 aliphatic heterocycles. The van der Waals surface area contributed by atoms with E-state index in [0.29, 0.717) is 17.7 Å². The topological polar surface area (TPSA) is 120 Å². The summed E-state index contributed by atoms with van der Waals surface area (Å²) >= 11 is 5.88. The van der Waals surface area contributed by atoms with Gasteiger partial charge in [0, 0.05) is 6.54 Å². The van der Waals surface area contributed by atoms with Crippen molar-refractivity contribution in [3.63, 3.8) is 0 Å². The smallest absolute Gasteiger partial charge is 0.425 e. The van der Waals surface area contributed by atoms with Crippen LogP contribution in [0.5, 0.6) is 5.88 Å². The fourth-order valence-electron chi connectivity index (χ4n) is 2.82. The molecule has 184 valence electrons. The van der Waals surface area contributed by atoms with Crippen LogP contribution in [0, 0.1) is 12.7 Å². The number of aromatic nitrogens is 6. The monoisotopic (exact) mass is 509 g/mol. The van der Waals surface area contributed by atoms with Gasteiger partial charge in [-0.25, -0.2) is 13.6 Å². The minimum atomic E-state index is -4.86. The second-order valence-electron chi connectivity index (χ2n) is 6.89. The van der Waals surface area contributed by atoms with E-state index < -0.39 is 53.6 Å². The number of anilines is 1. The molecule has 3 rings (SSSR count). The van der Waals surface area contributed by atoms with E-state index in [-0.39, 0.29) is 28.9 Å². The van der Waals surface area contributed by atoms with Gasteiger partial charge in [-0.05, 0) is 26.8 Å². The van der Waals surface area contributed by atoms with Crippen LogP contribution in [0.3, 0.4) is 0 Å². The summed E-state index contributed by atoms with van der Waals surface area (Å²) in [6, 6.07) is 0.520. The zero-order valence-corrected chi connectivity index (χ0v) is 18.6. The fourth-order valence-corrected chi connectivity index (χ4v) is 3.05. The van der Waals surface area contributed by atoms with Gasteiger partial charge in [0.25, 0.3) is 5.91 Å². The van der Waals surface area contributed by atoms with Crippen molar-refractivity contribution in [2.24, 2.45) is 0 Å². The molecule has 2 N–H and O–H groups in total. The van der Waals surface area contributed by atoms with Crippen molar-refractivity contribution in [1.29, 1.82) is 0 Å². The highest BCUT2D eigenvalue weighted by Crippen LogP contribution is 2.29. The van der Waals surface area contributed by atoms with E-state index in [1.54, 1.807) is 0 Å². The molecule has 0 aliphatic rings. The number of halogens is 6. The molecule has 0 fully saturated rings. The molecule has 0 unspecified atom stereocenters. The summed E-state index contributed by atoms with van der Waals surface area (Å²) in [5, 5.41) is 12.0.